The number of aromatic nitrogens is 5. The summed E-state index contributed by atoms with van der Waals surface area (Å²) in [5, 5.41) is 5.09. The van der Waals surface area contributed by atoms with Gasteiger partial charge in [0, 0.05) is 30.2 Å². The maximum Gasteiger partial charge on any atom is 0.353 e. The highest BCUT2D eigenvalue weighted by Crippen LogP contribution is 2.24. The van der Waals surface area contributed by atoms with Crippen LogP contribution in [0.5, 0.6) is 0 Å². The average Bonchev–Trinajstić information content (AvgIpc) is 3.25. The third kappa shape index (κ3) is 5.56. The minimum Gasteiger partial charge on any atom is -0.469 e. The molecule has 0 saturated carbocycles. The van der Waals surface area contributed by atoms with Gasteiger partial charge in [0.05, 0.1) is 25.8 Å². The van der Waals surface area contributed by atoms with E-state index in [-0.39, 0.29) is 25.1 Å². The number of benzene rings is 2. The van der Waals surface area contributed by atoms with Crippen LogP contribution in [0.3, 0.4) is 0 Å². The third-order valence-corrected chi connectivity index (χ3v) is 6.05. The second-order valence-corrected chi connectivity index (χ2v) is 8.85. The molecular formula is C25H26ClN7O4. The van der Waals surface area contributed by atoms with E-state index >= 15 is 0 Å². The molecule has 0 unspecified atom stereocenters. The molecule has 0 aliphatic carbocycles. The fourth-order valence-corrected chi connectivity index (χ4v) is 3.84. The van der Waals surface area contributed by atoms with Crippen LogP contribution in [0.4, 0.5) is 5.82 Å². The van der Waals surface area contributed by atoms with Gasteiger partial charge in [-0.1, -0.05) is 53.6 Å². The van der Waals surface area contributed by atoms with Crippen molar-refractivity contribution in [2.45, 2.75) is 26.4 Å². The van der Waals surface area contributed by atoms with E-state index in [4.69, 9.17) is 17.4 Å². The molecule has 2 aromatic heterocycles. The van der Waals surface area contributed by atoms with Crippen LogP contribution in [0.1, 0.15) is 17.5 Å². The molecule has 4 rings (SSSR count). The minimum absolute atomic E-state index is 0.0736. The molecule has 37 heavy (non-hydrogen) atoms. The first kappa shape index (κ1) is 25.7. The van der Waals surface area contributed by atoms with Crippen molar-refractivity contribution in [3.63, 3.8) is 0 Å². The van der Waals surface area contributed by atoms with E-state index in [1.165, 1.54) is 16.4 Å². The molecule has 2 heterocycles. The molecule has 12 heteroatoms. The number of methoxy groups -OCH3 is 1. The van der Waals surface area contributed by atoms with Gasteiger partial charge in [-0.2, -0.15) is 14.8 Å². The van der Waals surface area contributed by atoms with Crippen LogP contribution in [-0.4, -0.2) is 36.7 Å². The van der Waals surface area contributed by atoms with Crippen molar-refractivity contribution >= 4 is 23.4 Å². The molecule has 0 aliphatic rings. The smallest absolute Gasteiger partial charge is 0.353 e. The van der Waals surface area contributed by atoms with Gasteiger partial charge in [0.1, 0.15) is 0 Å². The molecule has 0 amide bonds. The number of nitrogens with two attached hydrogens (primary N) is 1. The van der Waals surface area contributed by atoms with E-state index < -0.39 is 17.3 Å². The Morgan fingerprint density at radius 1 is 1.05 bits per heavy atom. The molecule has 11 nitrogen and oxygen atoms in total. The summed E-state index contributed by atoms with van der Waals surface area (Å²) in [6.07, 6.45) is -0.168. The van der Waals surface area contributed by atoms with E-state index in [0.29, 0.717) is 16.5 Å². The van der Waals surface area contributed by atoms with Crippen LogP contribution < -0.4 is 22.8 Å². The zero-order valence-corrected chi connectivity index (χ0v) is 21.3. The number of carbonyl (C=O) groups is 1. The number of nitrogen functional groups attached to an aromatic ring is 1. The Kier molecular flexibility index (Phi) is 7.44. The molecule has 2 aromatic carbocycles. The maximum absolute atomic E-state index is 13.5. The Morgan fingerprint density at radius 3 is 2.38 bits per heavy atom. The number of rotatable bonds is 7. The Labute approximate surface area is 216 Å². The van der Waals surface area contributed by atoms with Gasteiger partial charge in [-0.05, 0) is 24.6 Å². The molecule has 0 aliphatic heterocycles. The maximum atomic E-state index is 13.5. The molecule has 0 radical (unpaired) electrons. The molecule has 4 aromatic rings. The van der Waals surface area contributed by atoms with Crippen LogP contribution in [0, 0.1) is 6.92 Å². The molecule has 0 fully saturated rings. The Morgan fingerprint density at radius 2 is 1.73 bits per heavy atom. The number of esters is 1. The van der Waals surface area contributed by atoms with Gasteiger partial charge in [0.15, 0.2) is 5.82 Å². The van der Waals surface area contributed by atoms with Crippen molar-refractivity contribution in [1.82, 2.24) is 23.6 Å². The Bertz CT molecular complexity index is 1630. The standard InChI is InChI=1S/C25H26ClN7O4/c1-16-4-6-17(7-5-16)15-32-23(33(27)25(36)31(24(32)35)13-12-22(34)37-3)28-21-14-20(29-30(21)2)18-8-10-19(26)11-9-18/h4-11,14H,12-13,15,27H2,1-3H3/b28-23-. The highest BCUT2D eigenvalue weighted by molar-refractivity contribution is 6.30. The van der Waals surface area contributed by atoms with Crippen LogP contribution >= 0.6 is 11.6 Å². The molecule has 0 bridgehead atoms. The fourth-order valence-electron chi connectivity index (χ4n) is 3.71. The summed E-state index contributed by atoms with van der Waals surface area (Å²) in [6.45, 7) is 1.86. The summed E-state index contributed by atoms with van der Waals surface area (Å²) in [5.41, 5.74) is 1.76. The fraction of sp³-hybridized carbons (Fsp3) is 0.240. The van der Waals surface area contributed by atoms with Crippen molar-refractivity contribution in [3.8, 4) is 11.3 Å². The highest BCUT2D eigenvalue weighted by Gasteiger charge is 2.16. The molecule has 0 saturated heterocycles. The van der Waals surface area contributed by atoms with Gasteiger partial charge in [0.2, 0.25) is 5.62 Å². The lowest BCUT2D eigenvalue weighted by atomic mass is 10.1. The first-order chi connectivity index (χ1) is 17.7. The van der Waals surface area contributed by atoms with Crippen molar-refractivity contribution < 1.29 is 9.53 Å². The quantitative estimate of drug-likeness (QED) is 0.290. The normalized spacial score (nSPS) is 11.6. The molecule has 2 N–H and O–H groups in total. The predicted molar refractivity (Wildman–Crippen MR) is 139 cm³/mol. The first-order valence-electron chi connectivity index (χ1n) is 11.4. The summed E-state index contributed by atoms with van der Waals surface area (Å²) in [4.78, 5) is 42.7. The third-order valence-electron chi connectivity index (χ3n) is 5.79. The van der Waals surface area contributed by atoms with E-state index in [2.05, 4.69) is 14.8 Å². The summed E-state index contributed by atoms with van der Waals surface area (Å²) in [5.74, 6) is 5.98. The number of nitrogens with zero attached hydrogens (tertiary/aromatic N) is 6. The van der Waals surface area contributed by atoms with Crippen LogP contribution in [-0.2, 0) is 29.7 Å². The largest absolute Gasteiger partial charge is 0.469 e. The number of hydrogen-bond acceptors (Lipinski definition) is 7. The van der Waals surface area contributed by atoms with Crippen molar-refractivity contribution in [2.24, 2.45) is 12.0 Å². The lowest BCUT2D eigenvalue weighted by Crippen LogP contribution is -2.57. The summed E-state index contributed by atoms with van der Waals surface area (Å²) < 4.78 is 9.14. The van der Waals surface area contributed by atoms with E-state index in [9.17, 15) is 14.4 Å². The number of hydrogen-bond donors (Lipinski definition) is 1. The topological polar surface area (TPSA) is 131 Å². The van der Waals surface area contributed by atoms with Crippen LogP contribution in [0.15, 0.2) is 69.2 Å². The zero-order valence-electron chi connectivity index (χ0n) is 20.6. The van der Waals surface area contributed by atoms with Gasteiger partial charge in [-0.25, -0.2) is 14.2 Å². The number of ether oxygens (including phenoxy) is 1. The van der Waals surface area contributed by atoms with E-state index in [1.54, 1.807) is 25.2 Å². The lowest BCUT2D eigenvalue weighted by molar-refractivity contribution is -0.140. The second-order valence-electron chi connectivity index (χ2n) is 8.41. The van der Waals surface area contributed by atoms with Gasteiger partial charge >= 0.3 is 17.3 Å². The highest BCUT2D eigenvalue weighted by atomic mass is 35.5. The van der Waals surface area contributed by atoms with E-state index in [0.717, 1.165) is 25.9 Å². The SMILES string of the molecule is COC(=O)CCn1c(=O)n(N)/c(=N\c2cc(-c3ccc(Cl)cc3)nn2C)n(Cc2ccc(C)cc2)c1=O. The van der Waals surface area contributed by atoms with Gasteiger partial charge in [-0.15, -0.1) is 0 Å². The van der Waals surface area contributed by atoms with Crippen LogP contribution in [0.25, 0.3) is 11.3 Å². The first-order valence-corrected chi connectivity index (χ1v) is 11.7. The number of aryl methyl sites for hydroxylation is 2. The molecule has 0 spiro atoms. The van der Waals surface area contributed by atoms with Gasteiger partial charge in [0.25, 0.3) is 0 Å². The molecular weight excluding hydrogens is 498 g/mol. The van der Waals surface area contributed by atoms with Crippen molar-refractivity contribution in [3.05, 3.63) is 97.3 Å². The van der Waals surface area contributed by atoms with Crippen molar-refractivity contribution in [2.75, 3.05) is 13.0 Å². The average molecular weight is 524 g/mol. The van der Waals surface area contributed by atoms with Crippen LogP contribution in [0.2, 0.25) is 5.02 Å². The second kappa shape index (κ2) is 10.7. The monoisotopic (exact) mass is 523 g/mol. The lowest BCUT2D eigenvalue weighted by Gasteiger charge is -2.14. The summed E-state index contributed by atoms with van der Waals surface area (Å²) in [6, 6.07) is 16.5. The molecule has 0 atom stereocenters. The Balaban J connectivity index is 1.89. The van der Waals surface area contributed by atoms with E-state index in [1.807, 2.05) is 43.3 Å². The summed E-state index contributed by atoms with van der Waals surface area (Å²) >= 11 is 5.99. The Hall–Kier alpha value is -4.38. The number of halogens is 1. The predicted octanol–water partition coefficient (Wildman–Crippen LogP) is 1.73. The van der Waals surface area contributed by atoms with Gasteiger partial charge in [-0.3, -0.25) is 14.0 Å². The summed E-state index contributed by atoms with van der Waals surface area (Å²) in [7, 11) is 2.93. The zero-order chi connectivity index (χ0) is 26.7. The van der Waals surface area contributed by atoms with Gasteiger partial charge < -0.3 is 10.6 Å². The minimum atomic E-state index is -0.812. The molecule has 192 valence electrons. The number of carbonyl (C=O) groups excluding carboxylic acids is 1. The van der Waals surface area contributed by atoms with Crippen molar-refractivity contribution in [1.29, 1.82) is 0 Å².